The molecule has 2 aromatic rings. The van der Waals surface area contributed by atoms with E-state index in [1.165, 1.54) is 22.9 Å². The fraction of sp³-hybridized carbons (Fsp3) is 0.550. The fourth-order valence-electron chi connectivity index (χ4n) is 2.83. The van der Waals surface area contributed by atoms with Gasteiger partial charge in [-0.15, -0.1) is 24.0 Å². The maximum Gasteiger partial charge on any atom is 0.190 e. The molecule has 0 bridgehead atoms. The first-order valence-corrected chi connectivity index (χ1v) is 9.31. The van der Waals surface area contributed by atoms with Crippen molar-refractivity contribution < 1.29 is 0 Å². The number of guanidine groups is 1. The van der Waals surface area contributed by atoms with Crippen molar-refractivity contribution in [1.82, 2.24) is 20.5 Å². The number of unbranched alkanes of at least 4 members (excludes halogenated alkanes) is 1. The second-order valence-corrected chi connectivity index (χ2v) is 6.82. The van der Waals surface area contributed by atoms with Gasteiger partial charge in [0.15, 0.2) is 5.96 Å². The molecule has 1 aromatic heterocycles. The molecule has 0 spiro atoms. The number of hydrogen-bond acceptors (Lipinski definition) is 2. The lowest BCUT2D eigenvalue weighted by atomic mass is 10.1. The predicted molar refractivity (Wildman–Crippen MR) is 124 cm³/mol. The summed E-state index contributed by atoms with van der Waals surface area (Å²) >= 11 is 0. The molecule has 0 aliphatic carbocycles. The number of para-hydroxylation sites is 1. The Hall–Kier alpha value is -1.28. The van der Waals surface area contributed by atoms with Crippen LogP contribution in [0.5, 0.6) is 0 Å². The quantitative estimate of drug-likeness (QED) is 0.227. The van der Waals surface area contributed by atoms with E-state index in [9.17, 15) is 0 Å². The molecule has 0 saturated heterocycles. The fourth-order valence-corrected chi connectivity index (χ4v) is 2.83. The molecule has 2 rings (SSSR count). The van der Waals surface area contributed by atoms with Crippen molar-refractivity contribution in [2.75, 3.05) is 33.7 Å². The van der Waals surface area contributed by atoms with Crippen LogP contribution in [0.2, 0.25) is 0 Å². The maximum atomic E-state index is 4.31. The van der Waals surface area contributed by atoms with Gasteiger partial charge in [-0.25, -0.2) is 0 Å². The third-order valence-corrected chi connectivity index (χ3v) is 4.70. The lowest BCUT2D eigenvalue weighted by molar-refractivity contribution is 0.268. The smallest absolute Gasteiger partial charge is 0.190 e. The van der Waals surface area contributed by atoms with Gasteiger partial charge in [0.1, 0.15) is 0 Å². The van der Waals surface area contributed by atoms with E-state index in [0.29, 0.717) is 6.04 Å². The van der Waals surface area contributed by atoms with Crippen molar-refractivity contribution in [3.8, 4) is 0 Å². The number of aliphatic imine (C=N–C) groups is 1. The number of H-pyrrole nitrogens is 1. The van der Waals surface area contributed by atoms with E-state index in [1.54, 1.807) is 0 Å². The molecule has 0 fully saturated rings. The second-order valence-electron chi connectivity index (χ2n) is 6.82. The first-order chi connectivity index (χ1) is 12.1. The van der Waals surface area contributed by atoms with E-state index >= 15 is 0 Å². The lowest BCUT2D eigenvalue weighted by Gasteiger charge is -2.20. The molecule has 0 aliphatic heterocycles. The molecular formula is C20H34IN5. The van der Waals surface area contributed by atoms with Gasteiger partial charge in [0, 0.05) is 43.3 Å². The Balaban J connectivity index is 0.00000338. The largest absolute Gasteiger partial charge is 0.361 e. The summed E-state index contributed by atoms with van der Waals surface area (Å²) in [6.07, 6.45) is 5.44. The van der Waals surface area contributed by atoms with E-state index in [0.717, 1.165) is 38.4 Å². The third kappa shape index (κ3) is 7.15. The van der Waals surface area contributed by atoms with Crippen LogP contribution in [0.25, 0.3) is 10.9 Å². The molecule has 1 aromatic carbocycles. The van der Waals surface area contributed by atoms with E-state index in [2.05, 4.69) is 76.9 Å². The standard InChI is InChI=1S/C20H33N5.HI/c1-16(2)25(4)14-8-7-12-22-20(21-3)23-13-11-17-15-24-19-10-6-5-9-18(17)19;/h5-6,9-10,15-16,24H,7-8,11-14H2,1-4H3,(H2,21,22,23);1H. The van der Waals surface area contributed by atoms with E-state index < -0.39 is 0 Å². The van der Waals surface area contributed by atoms with Crippen molar-refractivity contribution in [3.63, 3.8) is 0 Å². The number of aromatic nitrogens is 1. The van der Waals surface area contributed by atoms with Gasteiger partial charge in [-0.05, 0) is 58.3 Å². The van der Waals surface area contributed by atoms with Gasteiger partial charge in [0.25, 0.3) is 0 Å². The summed E-state index contributed by atoms with van der Waals surface area (Å²) in [5.74, 6) is 0.886. The summed E-state index contributed by atoms with van der Waals surface area (Å²) in [6, 6.07) is 9.05. The van der Waals surface area contributed by atoms with E-state index in [4.69, 9.17) is 0 Å². The Morgan fingerprint density at radius 3 is 2.62 bits per heavy atom. The average molecular weight is 471 g/mol. The van der Waals surface area contributed by atoms with Crippen LogP contribution >= 0.6 is 24.0 Å². The van der Waals surface area contributed by atoms with Gasteiger partial charge >= 0.3 is 0 Å². The molecule has 26 heavy (non-hydrogen) atoms. The van der Waals surface area contributed by atoms with Crippen molar-refractivity contribution in [1.29, 1.82) is 0 Å². The minimum Gasteiger partial charge on any atom is -0.361 e. The third-order valence-electron chi connectivity index (χ3n) is 4.70. The Morgan fingerprint density at radius 2 is 1.88 bits per heavy atom. The Morgan fingerprint density at radius 1 is 1.15 bits per heavy atom. The summed E-state index contributed by atoms with van der Waals surface area (Å²) in [5.41, 5.74) is 2.54. The predicted octanol–water partition coefficient (Wildman–Crippen LogP) is 3.61. The summed E-state index contributed by atoms with van der Waals surface area (Å²) in [7, 11) is 4.01. The van der Waals surface area contributed by atoms with E-state index in [1.807, 2.05) is 7.05 Å². The maximum absolute atomic E-state index is 4.31. The topological polar surface area (TPSA) is 55.5 Å². The molecule has 0 unspecified atom stereocenters. The molecule has 0 saturated carbocycles. The van der Waals surface area contributed by atoms with Crippen LogP contribution in [0.3, 0.4) is 0 Å². The Bertz CT molecular complexity index is 665. The number of fused-ring (bicyclic) bond motifs is 1. The average Bonchev–Trinajstić information content (AvgIpc) is 3.03. The monoisotopic (exact) mass is 471 g/mol. The minimum atomic E-state index is 0. The van der Waals surface area contributed by atoms with Crippen LogP contribution in [-0.2, 0) is 6.42 Å². The molecule has 6 heteroatoms. The number of hydrogen-bond donors (Lipinski definition) is 3. The van der Waals surface area contributed by atoms with Crippen LogP contribution in [0.4, 0.5) is 0 Å². The number of rotatable bonds is 9. The van der Waals surface area contributed by atoms with Crippen LogP contribution in [-0.4, -0.2) is 55.6 Å². The molecule has 5 nitrogen and oxygen atoms in total. The molecule has 0 aliphatic rings. The van der Waals surface area contributed by atoms with Crippen molar-refractivity contribution in [2.24, 2.45) is 4.99 Å². The summed E-state index contributed by atoms with van der Waals surface area (Å²) in [5, 5.41) is 8.11. The number of nitrogens with one attached hydrogen (secondary N) is 3. The first kappa shape index (κ1) is 22.8. The van der Waals surface area contributed by atoms with Crippen molar-refractivity contribution >= 4 is 40.8 Å². The zero-order valence-corrected chi connectivity index (χ0v) is 18.8. The van der Waals surface area contributed by atoms with Crippen LogP contribution in [0.15, 0.2) is 35.5 Å². The summed E-state index contributed by atoms with van der Waals surface area (Å²) in [4.78, 5) is 10.0. The number of benzene rings is 1. The molecule has 0 atom stereocenters. The number of halogens is 1. The van der Waals surface area contributed by atoms with Gasteiger partial charge in [-0.3, -0.25) is 4.99 Å². The van der Waals surface area contributed by atoms with Gasteiger partial charge in [-0.2, -0.15) is 0 Å². The van der Waals surface area contributed by atoms with Crippen LogP contribution < -0.4 is 10.6 Å². The summed E-state index contributed by atoms with van der Waals surface area (Å²) < 4.78 is 0. The van der Waals surface area contributed by atoms with Gasteiger partial charge in [0.2, 0.25) is 0 Å². The molecule has 1 heterocycles. The van der Waals surface area contributed by atoms with Gasteiger partial charge < -0.3 is 20.5 Å². The molecule has 146 valence electrons. The van der Waals surface area contributed by atoms with Crippen LogP contribution in [0.1, 0.15) is 32.3 Å². The second kappa shape index (κ2) is 12.2. The highest BCUT2D eigenvalue weighted by molar-refractivity contribution is 14.0. The molecule has 3 N–H and O–H groups in total. The number of aromatic amines is 1. The highest BCUT2D eigenvalue weighted by Crippen LogP contribution is 2.17. The normalized spacial score (nSPS) is 11.8. The van der Waals surface area contributed by atoms with E-state index in [-0.39, 0.29) is 24.0 Å². The zero-order valence-electron chi connectivity index (χ0n) is 16.5. The number of nitrogens with zero attached hydrogens (tertiary/aromatic N) is 2. The first-order valence-electron chi connectivity index (χ1n) is 9.31. The van der Waals surface area contributed by atoms with Crippen molar-refractivity contribution in [3.05, 3.63) is 36.0 Å². The molecule has 0 radical (unpaired) electrons. The van der Waals surface area contributed by atoms with Crippen molar-refractivity contribution in [2.45, 2.75) is 39.2 Å². The lowest BCUT2D eigenvalue weighted by Crippen LogP contribution is -2.39. The summed E-state index contributed by atoms with van der Waals surface area (Å²) in [6.45, 7) is 7.44. The molecule has 0 amide bonds. The van der Waals surface area contributed by atoms with Gasteiger partial charge in [0.05, 0.1) is 0 Å². The van der Waals surface area contributed by atoms with Crippen LogP contribution in [0, 0.1) is 0 Å². The minimum absolute atomic E-state index is 0. The molecular weight excluding hydrogens is 437 g/mol. The SMILES string of the molecule is CN=C(NCCCCN(C)C(C)C)NCCc1c[nH]c2ccccc12.I. The Kier molecular flexibility index (Phi) is 10.7. The van der Waals surface area contributed by atoms with Gasteiger partial charge in [-0.1, -0.05) is 18.2 Å². The Labute approximate surface area is 175 Å². The highest BCUT2D eigenvalue weighted by Gasteiger charge is 2.04. The zero-order chi connectivity index (χ0) is 18.1. The highest BCUT2D eigenvalue weighted by atomic mass is 127.